The predicted molar refractivity (Wildman–Crippen MR) is 249 cm³/mol. The average Bonchev–Trinajstić information content (AvgIpc) is 3.58. The van der Waals surface area contributed by atoms with E-state index in [0.29, 0.717) is 17.5 Å². The van der Waals surface area contributed by atoms with Crippen molar-refractivity contribution in [1.82, 2.24) is 15.0 Å². The van der Waals surface area contributed by atoms with Gasteiger partial charge in [0.2, 0.25) is 0 Å². The Kier molecular flexibility index (Phi) is 8.07. The lowest BCUT2D eigenvalue weighted by molar-refractivity contribution is 0.775. The molecule has 284 valence electrons. The van der Waals surface area contributed by atoms with Crippen LogP contribution >= 0.6 is 0 Å². The molecule has 0 bridgehead atoms. The van der Waals surface area contributed by atoms with Crippen molar-refractivity contribution in [2.45, 2.75) is 5.41 Å². The molecule has 1 heterocycles. The summed E-state index contributed by atoms with van der Waals surface area (Å²) >= 11 is 0. The summed E-state index contributed by atoms with van der Waals surface area (Å²) in [6, 6.07) is 80.6. The Morgan fingerprint density at radius 2 is 0.574 bits per heavy atom. The maximum absolute atomic E-state index is 5.38. The van der Waals surface area contributed by atoms with Gasteiger partial charge in [-0.1, -0.05) is 218 Å². The molecule has 0 saturated carbocycles. The van der Waals surface area contributed by atoms with Crippen LogP contribution in [0.2, 0.25) is 0 Å². The van der Waals surface area contributed by atoms with Gasteiger partial charge in [-0.2, -0.15) is 0 Å². The van der Waals surface area contributed by atoms with Gasteiger partial charge in [0.25, 0.3) is 0 Å². The monoisotopic (exact) mass is 775 g/mol. The van der Waals surface area contributed by atoms with E-state index in [1.165, 1.54) is 61.2 Å². The van der Waals surface area contributed by atoms with E-state index in [4.69, 9.17) is 15.0 Å². The van der Waals surface area contributed by atoms with Crippen LogP contribution in [0.1, 0.15) is 22.3 Å². The molecular formula is C58H37N3. The van der Waals surface area contributed by atoms with Gasteiger partial charge in [-0.15, -0.1) is 0 Å². The summed E-state index contributed by atoms with van der Waals surface area (Å²) in [6.45, 7) is 0. The molecule has 0 unspecified atom stereocenters. The Hall–Kier alpha value is -8.01. The highest BCUT2D eigenvalue weighted by Crippen LogP contribution is 2.61. The smallest absolute Gasteiger partial charge is 0.164 e. The first-order valence-electron chi connectivity index (χ1n) is 20.9. The number of fused-ring (bicyclic) bond motifs is 12. The van der Waals surface area contributed by atoms with Gasteiger partial charge >= 0.3 is 0 Å². The zero-order valence-electron chi connectivity index (χ0n) is 33.2. The molecule has 0 aliphatic heterocycles. The van der Waals surface area contributed by atoms with Gasteiger partial charge in [0.05, 0.1) is 5.41 Å². The normalized spacial score (nSPS) is 12.7. The Bertz CT molecular complexity index is 3230. The van der Waals surface area contributed by atoms with Crippen LogP contribution in [0.5, 0.6) is 0 Å². The van der Waals surface area contributed by atoms with Crippen molar-refractivity contribution in [1.29, 1.82) is 0 Å². The Morgan fingerprint density at radius 3 is 1.15 bits per heavy atom. The largest absolute Gasteiger partial charge is 0.208 e. The van der Waals surface area contributed by atoms with Crippen LogP contribution in [-0.2, 0) is 5.41 Å². The summed E-state index contributed by atoms with van der Waals surface area (Å²) in [5.41, 5.74) is 19.2. The fourth-order valence-electron chi connectivity index (χ4n) is 9.93. The first-order valence-corrected chi connectivity index (χ1v) is 20.9. The van der Waals surface area contributed by atoms with E-state index < -0.39 is 5.41 Å². The van der Waals surface area contributed by atoms with E-state index in [1.807, 2.05) is 12.1 Å². The van der Waals surface area contributed by atoms with Crippen LogP contribution in [0, 0.1) is 0 Å². The lowest BCUT2D eigenvalue weighted by Crippen LogP contribution is -2.29. The lowest BCUT2D eigenvalue weighted by Gasteiger charge is -2.35. The topological polar surface area (TPSA) is 38.7 Å². The number of aromatic nitrogens is 3. The maximum atomic E-state index is 5.38. The second-order valence-corrected chi connectivity index (χ2v) is 15.9. The quantitative estimate of drug-likeness (QED) is 0.175. The van der Waals surface area contributed by atoms with Crippen LogP contribution in [0.3, 0.4) is 0 Å². The van der Waals surface area contributed by atoms with Crippen molar-refractivity contribution < 1.29 is 0 Å². The van der Waals surface area contributed by atoms with Crippen LogP contribution in [0.25, 0.3) is 89.8 Å². The Morgan fingerprint density at radius 1 is 0.213 bits per heavy atom. The summed E-state index contributed by atoms with van der Waals surface area (Å²) in [5.74, 6) is 1.88. The molecule has 2 aliphatic carbocycles. The lowest BCUT2D eigenvalue weighted by atomic mass is 9.66. The summed E-state index contributed by atoms with van der Waals surface area (Å²) < 4.78 is 0. The molecule has 12 rings (SSSR count). The first kappa shape index (κ1) is 35.0. The fraction of sp³-hybridized carbons (Fsp3) is 0.0172. The van der Waals surface area contributed by atoms with Crippen molar-refractivity contribution in [2.75, 3.05) is 0 Å². The Balaban J connectivity index is 1.11. The molecule has 3 heteroatoms. The second kappa shape index (κ2) is 14.1. The third kappa shape index (κ3) is 5.48. The molecule has 0 atom stereocenters. The van der Waals surface area contributed by atoms with Gasteiger partial charge in [-0.05, 0) is 84.0 Å². The van der Waals surface area contributed by atoms with E-state index in [9.17, 15) is 0 Å². The summed E-state index contributed by atoms with van der Waals surface area (Å²) in [5, 5.41) is 0. The number of rotatable bonds is 5. The van der Waals surface area contributed by atoms with Gasteiger partial charge in [-0.3, -0.25) is 0 Å². The fourth-order valence-corrected chi connectivity index (χ4v) is 9.93. The highest BCUT2D eigenvalue weighted by atomic mass is 15.0. The number of benzene rings is 9. The minimum atomic E-state index is -0.611. The Labute approximate surface area is 355 Å². The van der Waals surface area contributed by atoms with Crippen molar-refractivity contribution >= 4 is 0 Å². The van der Waals surface area contributed by atoms with E-state index >= 15 is 0 Å². The minimum absolute atomic E-state index is 0.611. The van der Waals surface area contributed by atoms with Crippen molar-refractivity contribution in [3.8, 4) is 89.8 Å². The molecular weight excluding hydrogens is 739 g/mol. The molecule has 9 aromatic carbocycles. The highest BCUT2D eigenvalue weighted by Gasteiger charge is 2.49. The molecule has 1 aromatic heterocycles. The summed E-state index contributed by atoms with van der Waals surface area (Å²) in [4.78, 5) is 16.0. The van der Waals surface area contributed by atoms with Crippen LogP contribution in [0.4, 0.5) is 0 Å². The average molecular weight is 776 g/mol. The van der Waals surface area contributed by atoms with Crippen molar-refractivity contribution in [3.63, 3.8) is 0 Å². The number of hydrogen-bond acceptors (Lipinski definition) is 3. The molecule has 0 saturated heterocycles. The maximum Gasteiger partial charge on any atom is 0.164 e. The van der Waals surface area contributed by atoms with E-state index in [-0.39, 0.29) is 0 Å². The van der Waals surface area contributed by atoms with Gasteiger partial charge in [0.15, 0.2) is 17.5 Å². The van der Waals surface area contributed by atoms with Gasteiger partial charge < -0.3 is 0 Å². The molecule has 3 nitrogen and oxygen atoms in total. The molecule has 2 aliphatic rings. The minimum Gasteiger partial charge on any atom is -0.208 e. The second-order valence-electron chi connectivity index (χ2n) is 15.9. The summed E-state index contributed by atoms with van der Waals surface area (Å²) in [7, 11) is 0. The molecule has 0 N–H and O–H groups in total. The SMILES string of the molecule is c1ccc(-c2ccc(-c3nc(-c4ccc5c(c4)C4(c6ccccc6-c6ccccc6-c6ccccc64)c4ccccc4-5)nc(-c4ccccc4-c4ccccc4)n3)cc2)cc1. The van der Waals surface area contributed by atoms with E-state index in [2.05, 4.69) is 212 Å². The molecule has 1 spiro atoms. The number of hydrogen-bond donors (Lipinski definition) is 0. The molecule has 0 fully saturated rings. The van der Waals surface area contributed by atoms with Crippen molar-refractivity contribution in [2.24, 2.45) is 0 Å². The van der Waals surface area contributed by atoms with Gasteiger partial charge in [0.1, 0.15) is 0 Å². The predicted octanol–water partition coefficient (Wildman–Crippen LogP) is 14.2. The molecule has 10 aromatic rings. The van der Waals surface area contributed by atoms with E-state index in [1.54, 1.807) is 0 Å². The van der Waals surface area contributed by atoms with Gasteiger partial charge in [-0.25, -0.2) is 15.0 Å². The zero-order valence-corrected chi connectivity index (χ0v) is 33.2. The molecule has 0 radical (unpaired) electrons. The van der Waals surface area contributed by atoms with E-state index in [0.717, 1.165) is 33.4 Å². The van der Waals surface area contributed by atoms with Crippen LogP contribution in [-0.4, -0.2) is 15.0 Å². The standard InChI is InChI=1S/C58H37N3/c1-3-17-38(18-4-1)39-31-33-41(34-32-39)55-59-56(61-57(60-55)50-27-10-7-21-43(50)40-19-5-2-6-20-40)42-35-36-49-48-26-13-16-30-53(48)58(54(49)37-42)51-28-14-11-24-46(51)44-22-8-9-23-45(44)47-25-12-15-29-52(47)58/h1-37H. The molecule has 0 amide bonds. The highest BCUT2D eigenvalue weighted by molar-refractivity contribution is 5.97. The number of nitrogens with zero attached hydrogens (tertiary/aromatic N) is 3. The summed E-state index contributed by atoms with van der Waals surface area (Å²) in [6.07, 6.45) is 0. The van der Waals surface area contributed by atoms with Crippen LogP contribution < -0.4 is 0 Å². The van der Waals surface area contributed by atoms with Crippen LogP contribution in [0.15, 0.2) is 224 Å². The van der Waals surface area contributed by atoms with Crippen molar-refractivity contribution in [3.05, 3.63) is 247 Å². The van der Waals surface area contributed by atoms with Gasteiger partial charge in [0, 0.05) is 16.7 Å². The zero-order chi connectivity index (χ0) is 40.3. The molecule has 61 heavy (non-hydrogen) atoms. The third-order valence-electron chi connectivity index (χ3n) is 12.6. The first-order chi connectivity index (χ1) is 30.3. The third-order valence-corrected chi connectivity index (χ3v) is 12.6.